The van der Waals surface area contributed by atoms with Crippen LogP contribution in [0.5, 0.6) is 0 Å². The highest BCUT2D eigenvalue weighted by Gasteiger charge is 2.63. The number of benzene rings is 2. The van der Waals surface area contributed by atoms with Gasteiger partial charge in [0, 0.05) is 24.7 Å². The number of likely N-dealkylation sites (tertiary alicyclic amines) is 2. The van der Waals surface area contributed by atoms with E-state index in [1.54, 1.807) is 0 Å². The first-order chi connectivity index (χ1) is 14.2. The number of hydrogen-bond acceptors (Lipinski definition) is 2. The number of rotatable bonds is 3. The van der Waals surface area contributed by atoms with Crippen molar-refractivity contribution in [1.82, 2.24) is 9.80 Å². The standard InChI is InChI=1S/C25H28N2O2/c28-23(20-11-5-2-6-12-20)26-17-13-21(14-18-26)27-22(19-9-3-1-4-10-19)25(24(27)29)15-7-8-16-25/h1-6,9-12,21-22H,7-8,13-18H2. The Bertz CT molecular complexity index is 882. The molecule has 4 nitrogen and oxygen atoms in total. The molecule has 2 aromatic rings. The molecule has 2 aromatic carbocycles. The molecule has 2 amide bonds. The van der Waals surface area contributed by atoms with Crippen molar-refractivity contribution in [2.24, 2.45) is 5.41 Å². The van der Waals surface area contributed by atoms with Crippen LogP contribution < -0.4 is 0 Å². The summed E-state index contributed by atoms with van der Waals surface area (Å²) < 4.78 is 0. The average molecular weight is 389 g/mol. The summed E-state index contributed by atoms with van der Waals surface area (Å²) in [4.78, 5) is 30.2. The van der Waals surface area contributed by atoms with Gasteiger partial charge in [0.05, 0.1) is 11.5 Å². The summed E-state index contributed by atoms with van der Waals surface area (Å²) in [6.07, 6.45) is 6.09. The first-order valence-electron chi connectivity index (χ1n) is 10.9. The molecule has 29 heavy (non-hydrogen) atoms. The summed E-state index contributed by atoms with van der Waals surface area (Å²) in [5, 5.41) is 0. The monoisotopic (exact) mass is 388 g/mol. The number of carbonyl (C=O) groups is 2. The minimum absolute atomic E-state index is 0.103. The van der Waals surface area contributed by atoms with Gasteiger partial charge in [-0.2, -0.15) is 0 Å². The molecule has 2 heterocycles. The molecule has 2 aliphatic heterocycles. The molecule has 1 atom stereocenters. The summed E-state index contributed by atoms with van der Waals surface area (Å²) in [5.74, 6) is 0.461. The lowest BCUT2D eigenvalue weighted by Crippen LogP contribution is -2.66. The minimum Gasteiger partial charge on any atom is -0.338 e. The van der Waals surface area contributed by atoms with E-state index in [4.69, 9.17) is 0 Å². The smallest absolute Gasteiger partial charge is 0.253 e. The van der Waals surface area contributed by atoms with Gasteiger partial charge in [0.1, 0.15) is 0 Å². The Labute approximate surface area is 172 Å². The van der Waals surface area contributed by atoms with Crippen LogP contribution in [0.25, 0.3) is 0 Å². The number of nitrogens with zero attached hydrogens (tertiary/aromatic N) is 2. The highest BCUT2D eigenvalue weighted by molar-refractivity contribution is 5.94. The molecule has 0 bridgehead atoms. The van der Waals surface area contributed by atoms with Crippen LogP contribution in [0, 0.1) is 5.41 Å². The highest BCUT2D eigenvalue weighted by atomic mass is 16.2. The molecule has 3 aliphatic rings. The van der Waals surface area contributed by atoms with E-state index in [0.29, 0.717) is 5.91 Å². The lowest BCUT2D eigenvalue weighted by Gasteiger charge is -2.59. The molecule has 1 aliphatic carbocycles. The van der Waals surface area contributed by atoms with Crippen molar-refractivity contribution in [3.05, 3.63) is 71.8 Å². The average Bonchev–Trinajstić information content (AvgIpc) is 3.30. The van der Waals surface area contributed by atoms with E-state index >= 15 is 0 Å². The van der Waals surface area contributed by atoms with Gasteiger partial charge >= 0.3 is 0 Å². The zero-order valence-corrected chi connectivity index (χ0v) is 16.8. The Morgan fingerprint density at radius 3 is 2.07 bits per heavy atom. The van der Waals surface area contributed by atoms with E-state index < -0.39 is 0 Å². The third-order valence-corrected chi connectivity index (χ3v) is 7.24. The molecule has 1 unspecified atom stereocenters. The van der Waals surface area contributed by atoms with Gasteiger partial charge in [0.2, 0.25) is 5.91 Å². The largest absolute Gasteiger partial charge is 0.338 e. The molecule has 1 spiro atoms. The predicted molar refractivity (Wildman–Crippen MR) is 112 cm³/mol. The number of β-lactam (4-membered cyclic amide) rings is 1. The van der Waals surface area contributed by atoms with Crippen molar-refractivity contribution in [1.29, 1.82) is 0 Å². The van der Waals surface area contributed by atoms with Crippen LogP contribution in [0.4, 0.5) is 0 Å². The molecule has 0 radical (unpaired) electrons. The number of carbonyl (C=O) groups excluding carboxylic acids is 2. The van der Waals surface area contributed by atoms with E-state index in [-0.39, 0.29) is 23.4 Å². The van der Waals surface area contributed by atoms with Crippen molar-refractivity contribution in [2.45, 2.75) is 50.6 Å². The number of amides is 2. The Morgan fingerprint density at radius 1 is 0.862 bits per heavy atom. The van der Waals surface area contributed by atoms with E-state index in [9.17, 15) is 9.59 Å². The molecule has 1 saturated carbocycles. The van der Waals surface area contributed by atoms with Crippen molar-refractivity contribution < 1.29 is 9.59 Å². The van der Waals surface area contributed by atoms with Gasteiger partial charge in [-0.1, -0.05) is 61.4 Å². The molecule has 0 aromatic heterocycles. The lowest BCUT2D eigenvalue weighted by atomic mass is 9.65. The molecule has 2 saturated heterocycles. The van der Waals surface area contributed by atoms with Gasteiger partial charge in [0.15, 0.2) is 0 Å². The van der Waals surface area contributed by atoms with Crippen LogP contribution in [-0.2, 0) is 4.79 Å². The van der Waals surface area contributed by atoms with Crippen molar-refractivity contribution >= 4 is 11.8 Å². The minimum atomic E-state index is -0.168. The SMILES string of the molecule is O=C(c1ccccc1)N1CCC(N2C(=O)C3(CCCC3)C2c2ccccc2)CC1. The van der Waals surface area contributed by atoms with Gasteiger partial charge in [0.25, 0.3) is 5.91 Å². The van der Waals surface area contributed by atoms with Crippen LogP contribution >= 0.6 is 0 Å². The van der Waals surface area contributed by atoms with Crippen LogP contribution in [0.2, 0.25) is 0 Å². The summed E-state index contributed by atoms with van der Waals surface area (Å²) >= 11 is 0. The second-order valence-corrected chi connectivity index (χ2v) is 8.78. The van der Waals surface area contributed by atoms with Crippen LogP contribution in [0.15, 0.2) is 60.7 Å². The van der Waals surface area contributed by atoms with E-state index in [0.717, 1.165) is 57.2 Å². The molecule has 150 valence electrons. The first kappa shape index (κ1) is 18.4. The maximum atomic E-state index is 13.4. The fourth-order valence-electron chi connectivity index (χ4n) is 5.79. The lowest BCUT2D eigenvalue weighted by molar-refractivity contribution is -0.180. The van der Waals surface area contributed by atoms with Crippen LogP contribution in [-0.4, -0.2) is 40.7 Å². The zero-order valence-electron chi connectivity index (χ0n) is 16.8. The predicted octanol–water partition coefficient (Wildman–Crippen LogP) is 4.44. The van der Waals surface area contributed by atoms with Crippen molar-refractivity contribution in [3.8, 4) is 0 Å². The summed E-state index contributed by atoms with van der Waals surface area (Å²) in [6, 6.07) is 20.5. The van der Waals surface area contributed by atoms with Crippen LogP contribution in [0.1, 0.15) is 60.5 Å². The Morgan fingerprint density at radius 2 is 1.45 bits per heavy atom. The van der Waals surface area contributed by atoms with Crippen molar-refractivity contribution in [3.63, 3.8) is 0 Å². The third kappa shape index (κ3) is 2.97. The fourth-order valence-corrected chi connectivity index (χ4v) is 5.79. The fraction of sp³-hybridized carbons (Fsp3) is 0.440. The maximum absolute atomic E-state index is 13.4. The van der Waals surface area contributed by atoms with E-state index in [2.05, 4.69) is 29.2 Å². The van der Waals surface area contributed by atoms with Gasteiger partial charge in [-0.15, -0.1) is 0 Å². The second-order valence-electron chi connectivity index (χ2n) is 8.78. The molecule has 5 rings (SSSR count). The molecule has 4 heteroatoms. The Hall–Kier alpha value is -2.62. The topological polar surface area (TPSA) is 40.6 Å². The summed E-state index contributed by atoms with van der Waals surface area (Å²) in [6.45, 7) is 1.44. The second kappa shape index (κ2) is 7.33. The van der Waals surface area contributed by atoms with Gasteiger partial charge in [-0.3, -0.25) is 9.59 Å². The van der Waals surface area contributed by atoms with E-state index in [1.807, 2.05) is 41.3 Å². The van der Waals surface area contributed by atoms with Crippen LogP contribution in [0.3, 0.4) is 0 Å². The first-order valence-corrected chi connectivity index (χ1v) is 10.9. The quantitative estimate of drug-likeness (QED) is 0.730. The van der Waals surface area contributed by atoms with Gasteiger partial charge < -0.3 is 9.80 Å². The zero-order chi connectivity index (χ0) is 19.8. The number of piperidine rings is 1. The molecular formula is C25H28N2O2. The summed E-state index contributed by atoms with van der Waals surface area (Å²) in [5.41, 5.74) is 1.85. The highest BCUT2D eigenvalue weighted by Crippen LogP contribution is 2.60. The molecule has 0 N–H and O–H groups in total. The van der Waals surface area contributed by atoms with E-state index in [1.165, 1.54) is 5.56 Å². The Balaban J connectivity index is 1.32. The normalized spacial score (nSPS) is 24.0. The van der Waals surface area contributed by atoms with Gasteiger partial charge in [-0.25, -0.2) is 0 Å². The third-order valence-electron chi connectivity index (χ3n) is 7.24. The van der Waals surface area contributed by atoms with Crippen molar-refractivity contribution in [2.75, 3.05) is 13.1 Å². The van der Waals surface area contributed by atoms with Gasteiger partial charge in [-0.05, 0) is 43.4 Å². The molecule has 3 fully saturated rings. The summed E-state index contributed by atoms with van der Waals surface area (Å²) in [7, 11) is 0. The molecular weight excluding hydrogens is 360 g/mol. The number of hydrogen-bond donors (Lipinski definition) is 0. The Kier molecular flexibility index (Phi) is 4.65. The maximum Gasteiger partial charge on any atom is 0.253 e.